The van der Waals surface area contributed by atoms with Gasteiger partial charge in [-0.3, -0.25) is 4.79 Å². The third-order valence-electron chi connectivity index (χ3n) is 5.31. The number of nitrogens with one attached hydrogen (secondary N) is 1. The summed E-state index contributed by atoms with van der Waals surface area (Å²) in [6.07, 6.45) is 1.63. The molecule has 0 aliphatic carbocycles. The van der Waals surface area contributed by atoms with Gasteiger partial charge in [0.05, 0.1) is 0 Å². The molecule has 0 aliphatic rings. The molecule has 1 amide bonds. The van der Waals surface area contributed by atoms with Gasteiger partial charge in [0, 0.05) is 27.8 Å². The maximum absolute atomic E-state index is 12.7. The van der Waals surface area contributed by atoms with E-state index in [9.17, 15) is 10.1 Å². The number of nitriles is 1. The molecule has 1 aromatic heterocycles. The zero-order chi connectivity index (χ0) is 22.0. The fourth-order valence-corrected chi connectivity index (χ4v) is 3.62. The molecule has 0 saturated heterocycles. The number of anilines is 1. The molecule has 0 spiro atoms. The van der Waals surface area contributed by atoms with Crippen LogP contribution in [0.15, 0.2) is 48.0 Å². The van der Waals surface area contributed by atoms with Crippen LogP contribution in [0.5, 0.6) is 0 Å². The first-order chi connectivity index (χ1) is 14.2. The summed E-state index contributed by atoms with van der Waals surface area (Å²) in [5, 5.41) is 13.1. The first-order valence-electron chi connectivity index (χ1n) is 9.67. The van der Waals surface area contributed by atoms with Crippen molar-refractivity contribution in [2.75, 3.05) is 5.32 Å². The molecule has 152 valence electrons. The lowest BCUT2D eigenvalue weighted by atomic mass is 10.1. The molecule has 30 heavy (non-hydrogen) atoms. The first kappa shape index (κ1) is 21.4. The lowest BCUT2D eigenvalue weighted by Gasteiger charge is -2.13. The second kappa shape index (κ2) is 8.61. The molecule has 3 rings (SSSR count). The summed E-state index contributed by atoms with van der Waals surface area (Å²) in [7, 11) is 0. The SMILES string of the molecule is Cc1ccc(NC(=O)/C(C#N)=C\c2cc(C)n(-c3cc(Cl)ccc3C)c2C)cc1C. The molecular weight excluding hydrogens is 394 g/mol. The molecular formula is C25H24ClN3O. The van der Waals surface area contributed by atoms with Crippen LogP contribution in [0.1, 0.15) is 33.6 Å². The maximum Gasteiger partial charge on any atom is 0.266 e. The van der Waals surface area contributed by atoms with E-state index in [0.29, 0.717) is 10.7 Å². The van der Waals surface area contributed by atoms with Crippen molar-refractivity contribution in [3.8, 4) is 11.8 Å². The minimum atomic E-state index is -0.426. The van der Waals surface area contributed by atoms with E-state index in [-0.39, 0.29) is 5.57 Å². The number of rotatable bonds is 4. The Hall–Kier alpha value is -3.29. The lowest BCUT2D eigenvalue weighted by molar-refractivity contribution is -0.112. The monoisotopic (exact) mass is 417 g/mol. The highest BCUT2D eigenvalue weighted by molar-refractivity contribution is 6.30. The highest BCUT2D eigenvalue weighted by Gasteiger charge is 2.15. The smallest absolute Gasteiger partial charge is 0.266 e. The number of benzene rings is 2. The van der Waals surface area contributed by atoms with Gasteiger partial charge in [-0.05, 0) is 93.3 Å². The van der Waals surface area contributed by atoms with Crippen molar-refractivity contribution >= 4 is 29.3 Å². The van der Waals surface area contributed by atoms with Crippen molar-refractivity contribution in [2.24, 2.45) is 0 Å². The highest BCUT2D eigenvalue weighted by Crippen LogP contribution is 2.27. The Kier molecular flexibility index (Phi) is 6.14. The number of hydrogen-bond acceptors (Lipinski definition) is 2. The molecule has 4 nitrogen and oxygen atoms in total. The van der Waals surface area contributed by atoms with Crippen LogP contribution >= 0.6 is 11.6 Å². The predicted molar refractivity (Wildman–Crippen MR) is 123 cm³/mol. The summed E-state index contributed by atoms with van der Waals surface area (Å²) in [6.45, 7) is 9.98. The normalized spacial score (nSPS) is 11.3. The van der Waals surface area contributed by atoms with Crippen LogP contribution in [0.2, 0.25) is 5.02 Å². The van der Waals surface area contributed by atoms with Gasteiger partial charge in [-0.15, -0.1) is 0 Å². The third kappa shape index (κ3) is 4.32. The first-order valence-corrected chi connectivity index (χ1v) is 10.0. The van der Waals surface area contributed by atoms with Gasteiger partial charge in [0.25, 0.3) is 5.91 Å². The number of nitrogens with zero attached hydrogens (tertiary/aromatic N) is 2. The van der Waals surface area contributed by atoms with E-state index in [1.54, 1.807) is 6.08 Å². The van der Waals surface area contributed by atoms with Gasteiger partial charge in [0.2, 0.25) is 0 Å². The van der Waals surface area contributed by atoms with Crippen LogP contribution in [-0.4, -0.2) is 10.5 Å². The molecule has 0 unspecified atom stereocenters. The van der Waals surface area contributed by atoms with E-state index in [1.807, 2.05) is 83.2 Å². The quantitative estimate of drug-likeness (QED) is 0.404. The number of carbonyl (C=O) groups is 1. The Bertz CT molecular complexity index is 1210. The average molecular weight is 418 g/mol. The average Bonchev–Trinajstić information content (AvgIpc) is 2.97. The summed E-state index contributed by atoms with van der Waals surface area (Å²) in [6, 6.07) is 15.4. The van der Waals surface area contributed by atoms with E-state index in [1.165, 1.54) is 0 Å². The van der Waals surface area contributed by atoms with Gasteiger partial charge >= 0.3 is 0 Å². The zero-order valence-corrected chi connectivity index (χ0v) is 18.6. The van der Waals surface area contributed by atoms with Gasteiger partial charge in [-0.25, -0.2) is 0 Å². The molecule has 1 N–H and O–H groups in total. The molecule has 0 saturated carbocycles. The van der Waals surface area contributed by atoms with Crippen LogP contribution in [0.25, 0.3) is 11.8 Å². The number of amides is 1. The van der Waals surface area contributed by atoms with E-state index in [0.717, 1.165) is 39.3 Å². The number of carbonyl (C=O) groups excluding carboxylic acids is 1. The van der Waals surface area contributed by atoms with Crippen molar-refractivity contribution < 1.29 is 4.79 Å². The molecule has 0 aliphatic heterocycles. The van der Waals surface area contributed by atoms with E-state index < -0.39 is 5.91 Å². The molecule has 0 bridgehead atoms. The number of hydrogen-bond donors (Lipinski definition) is 1. The standard InChI is InChI=1S/C25H24ClN3O/c1-15-7-9-23(10-17(15)3)28-25(30)21(14-27)12-20-11-18(4)29(19(20)5)24-13-22(26)8-6-16(24)2/h6-13H,1-5H3,(H,28,30)/b21-12-. The van der Waals surface area contributed by atoms with Crippen LogP contribution in [-0.2, 0) is 4.79 Å². The van der Waals surface area contributed by atoms with E-state index >= 15 is 0 Å². The fourth-order valence-electron chi connectivity index (χ4n) is 3.45. The van der Waals surface area contributed by atoms with Gasteiger partial charge in [0.15, 0.2) is 0 Å². The zero-order valence-electron chi connectivity index (χ0n) is 17.8. The fraction of sp³-hybridized carbons (Fsp3) is 0.200. The van der Waals surface area contributed by atoms with Crippen molar-refractivity contribution in [3.63, 3.8) is 0 Å². The Balaban J connectivity index is 1.96. The van der Waals surface area contributed by atoms with Crippen molar-refractivity contribution in [1.29, 1.82) is 5.26 Å². The minimum Gasteiger partial charge on any atom is -0.321 e. The van der Waals surface area contributed by atoms with Crippen molar-refractivity contribution in [2.45, 2.75) is 34.6 Å². The lowest BCUT2D eigenvalue weighted by Crippen LogP contribution is -2.13. The van der Waals surface area contributed by atoms with Gasteiger partial charge in [-0.1, -0.05) is 23.7 Å². The maximum atomic E-state index is 12.7. The predicted octanol–water partition coefficient (Wildman–Crippen LogP) is 6.22. The number of aryl methyl sites for hydroxylation is 4. The molecule has 0 fully saturated rings. The van der Waals surface area contributed by atoms with Gasteiger partial charge in [-0.2, -0.15) is 5.26 Å². The molecule has 1 heterocycles. The Morgan fingerprint density at radius 3 is 2.37 bits per heavy atom. The molecule has 2 aromatic carbocycles. The topological polar surface area (TPSA) is 57.8 Å². The number of halogens is 1. The van der Waals surface area contributed by atoms with Crippen molar-refractivity contribution in [1.82, 2.24) is 4.57 Å². The largest absolute Gasteiger partial charge is 0.321 e. The Labute approximate surface area is 182 Å². The minimum absolute atomic E-state index is 0.0521. The molecule has 0 radical (unpaired) electrons. The molecule has 0 atom stereocenters. The summed E-state index contributed by atoms with van der Waals surface area (Å²) in [4.78, 5) is 12.7. The van der Waals surface area contributed by atoms with Crippen LogP contribution < -0.4 is 5.32 Å². The van der Waals surface area contributed by atoms with Crippen molar-refractivity contribution in [3.05, 3.63) is 86.7 Å². The summed E-state index contributed by atoms with van der Waals surface area (Å²) in [5.74, 6) is -0.426. The molecule has 3 aromatic rings. The number of aromatic nitrogens is 1. The second-order valence-corrected chi connectivity index (χ2v) is 7.95. The summed E-state index contributed by atoms with van der Waals surface area (Å²) < 4.78 is 2.09. The highest BCUT2D eigenvalue weighted by atomic mass is 35.5. The van der Waals surface area contributed by atoms with E-state index in [2.05, 4.69) is 9.88 Å². The van der Waals surface area contributed by atoms with Crippen LogP contribution in [0.4, 0.5) is 5.69 Å². The Morgan fingerprint density at radius 2 is 1.70 bits per heavy atom. The summed E-state index contributed by atoms with van der Waals surface area (Å²) in [5.41, 5.74) is 7.77. The van der Waals surface area contributed by atoms with Gasteiger partial charge in [0.1, 0.15) is 11.6 Å². The van der Waals surface area contributed by atoms with E-state index in [4.69, 9.17) is 11.6 Å². The summed E-state index contributed by atoms with van der Waals surface area (Å²) >= 11 is 6.20. The Morgan fingerprint density at radius 1 is 1.00 bits per heavy atom. The van der Waals surface area contributed by atoms with Gasteiger partial charge < -0.3 is 9.88 Å². The van der Waals surface area contributed by atoms with Crippen LogP contribution in [0.3, 0.4) is 0 Å². The molecule has 5 heteroatoms. The van der Waals surface area contributed by atoms with Crippen LogP contribution in [0, 0.1) is 45.9 Å². The second-order valence-electron chi connectivity index (χ2n) is 7.52. The third-order valence-corrected chi connectivity index (χ3v) is 5.55.